The van der Waals surface area contributed by atoms with E-state index in [0.29, 0.717) is 29.0 Å². The summed E-state index contributed by atoms with van der Waals surface area (Å²) in [5, 5.41) is 2.71. The summed E-state index contributed by atoms with van der Waals surface area (Å²) in [4.78, 5) is 35.3. The third-order valence-electron chi connectivity index (χ3n) is 3.80. The average molecular weight is 355 g/mol. The number of carbonyl (C=O) groups is 3. The van der Waals surface area contributed by atoms with Gasteiger partial charge < -0.3 is 14.8 Å². The molecule has 0 aliphatic rings. The molecule has 0 unspecified atom stereocenters. The number of hydrogen-bond donors (Lipinski definition) is 1. The van der Waals surface area contributed by atoms with Crippen molar-refractivity contribution >= 4 is 23.3 Å². The summed E-state index contributed by atoms with van der Waals surface area (Å²) in [7, 11) is 1.30. The van der Waals surface area contributed by atoms with E-state index >= 15 is 0 Å². The minimum atomic E-state index is -0.474. The highest BCUT2D eigenvalue weighted by atomic mass is 16.5. The number of rotatable bonds is 7. The maximum atomic E-state index is 12.1. The van der Waals surface area contributed by atoms with E-state index in [1.807, 2.05) is 6.92 Å². The number of carbonyl (C=O) groups excluding carboxylic acids is 3. The van der Waals surface area contributed by atoms with Crippen molar-refractivity contribution in [3.8, 4) is 5.75 Å². The lowest BCUT2D eigenvalue weighted by Gasteiger charge is -2.11. The van der Waals surface area contributed by atoms with Gasteiger partial charge in [0.05, 0.1) is 12.7 Å². The molecule has 0 atom stereocenters. The summed E-state index contributed by atoms with van der Waals surface area (Å²) in [6.45, 7) is 3.43. The van der Waals surface area contributed by atoms with E-state index < -0.39 is 5.97 Å². The van der Waals surface area contributed by atoms with E-state index in [1.54, 1.807) is 49.4 Å². The molecule has 0 saturated heterocycles. The van der Waals surface area contributed by atoms with E-state index in [-0.39, 0.29) is 18.3 Å². The van der Waals surface area contributed by atoms with Crippen LogP contribution in [0.25, 0.3) is 0 Å². The van der Waals surface area contributed by atoms with Crippen LogP contribution in [0.2, 0.25) is 0 Å². The molecule has 26 heavy (non-hydrogen) atoms. The summed E-state index contributed by atoms with van der Waals surface area (Å²) < 4.78 is 10.1. The van der Waals surface area contributed by atoms with Crippen molar-refractivity contribution in [3.63, 3.8) is 0 Å². The second-order valence-corrected chi connectivity index (χ2v) is 5.66. The average Bonchev–Trinajstić information content (AvgIpc) is 2.67. The van der Waals surface area contributed by atoms with Crippen LogP contribution in [0, 0.1) is 6.92 Å². The number of ether oxygens (including phenoxy) is 2. The Hall–Kier alpha value is -3.15. The normalized spacial score (nSPS) is 10.1. The lowest BCUT2D eigenvalue weighted by atomic mass is 10.1. The zero-order valence-electron chi connectivity index (χ0n) is 15.0. The fourth-order valence-corrected chi connectivity index (χ4v) is 2.28. The molecule has 0 fully saturated rings. The highest BCUT2D eigenvalue weighted by Gasteiger charge is 2.11. The van der Waals surface area contributed by atoms with Gasteiger partial charge in [-0.05, 0) is 48.9 Å². The number of nitrogens with one attached hydrogen (secondary N) is 1. The molecule has 0 aromatic heterocycles. The predicted octanol–water partition coefficient (Wildman–Crippen LogP) is 3.39. The summed E-state index contributed by atoms with van der Waals surface area (Å²) in [5.41, 5.74) is 2.30. The SMILES string of the molecule is CCC(=O)c1ccc(OCC(=O)Nc2cc(C(=O)OC)ccc2C)cc1. The van der Waals surface area contributed by atoms with E-state index in [4.69, 9.17) is 4.74 Å². The summed E-state index contributed by atoms with van der Waals surface area (Å²) in [5.74, 6) is -0.287. The molecule has 0 saturated carbocycles. The molecule has 0 heterocycles. The molecule has 0 aliphatic heterocycles. The summed E-state index contributed by atoms with van der Waals surface area (Å²) in [6.07, 6.45) is 0.437. The topological polar surface area (TPSA) is 81.7 Å². The first-order valence-electron chi connectivity index (χ1n) is 8.19. The van der Waals surface area contributed by atoms with Crippen LogP contribution in [0.15, 0.2) is 42.5 Å². The summed E-state index contributed by atoms with van der Waals surface area (Å²) >= 11 is 0. The number of aryl methyl sites for hydroxylation is 1. The Balaban J connectivity index is 1.97. The third kappa shape index (κ3) is 4.92. The van der Waals surface area contributed by atoms with E-state index in [9.17, 15) is 14.4 Å². The minimum absolute atomic E-state index is 0.0512. The number of amides is 1. The van der Waals surface area contributed by atoms with Gasteiger partial charge in [0.25, 0.3) is 5.91 Å². The summed E-state index contributed by atoms with van der Waals surface area (Å²) in [6, 6.07) is 11.6. The first kappa shape index (κ1) is 19.2. The number of anilines is 1. The van der Waals surface area contributed by atoms with Crippen LogP contribution in [-0.4, -0.2) is 31.4 Å². The van der Waals surface area contributed by atoms with Gasteiger partial charge in [-0.25, -0.2) is 4.79 Å². The molecule has 0 spiro atoms. The van der Waals surface area contributed by atoms with Crippen molar-refractivity contribution in [2.45, 2.75) is 20.3 Å². The number of ketones is 1. The molecule has 6 heteroatoms. The molecule has 6 nitrogen and oxygen atoms in total. The van der Waals surface area contributed by atoms with E-state index in [2.05, 4.69) is 10.1 Å². The zero-order chi connectivity index (χ0) is 19.1. The van der Waals surface area contributed by atoms with Crippen molar-refractivity contribution in [2.24, 2.45) is 0 Å². The van der Waals surface area contributed by atoms with Gasteiger partial charge in [-0.1, -0.05) is 13.0 Å². The highest BCUT2D eigenvalue weighted by molar-refractivity contribution is 5.96. The maximum absolute atomic E-state index is 12.1. The lowest BCUT2D eigenvalue weighted by Crippen LogP contribution is -2.21. The van der Waals surface area contributed by atoms with Crippen LogP contribution < -0.4 is 10.1 Å². The van der Waals surface area contributed by atoms with Crippen LogP contribution >= 0.6 is 0 Å². The van der Waals surface area contributed by atoms with Crippen LogP contribution in [-0.2, 0) is 9.53 Å². The predicted molar refractivity (Wildman–Crippen MR) is 97.7 cm³/mol. The molecule has 2 aromatic rings. The van der Waals surface area contributed by atoms with E-state index in [0.717, 1.165) is 5.56 Å². The van der Waals surface area contributed by atoms with Gasteiger partial charge in [-0.2, -0.15) is 0 Å². The Morgan fingerprint density at radius 1 is 1.00 bits per heavy atom. The van der Waals surface area contributed by atoms with Gasteiger partial charge in [0.2, 0.25) is 0 Å². The second-order valence-electron chi connectivity index (χ2n) is 5.66. The number of Topliss-reactive ketones (excluding diaryl/α,β-unsaturated/α-hetero) is 1. The largest absolute Gasteiger partial charge is 0.484 e. The van der Waals surface area contributed by atoms with Crippen molar-refractivity contribution in [3.05, 3.63) is 59.2 Å². The maximum Gasteiger partial charge on any atom is 0.337 e. The van der Waals surface area contributed by atoms with Gasteiger partial charge >= 0.3 is 5.97 Å². The van der Waals surface area contributed by atoms with Crippen LogP contribution in [0.5, 0.6) is 5.75 Å². The zero-order valence-corrected chi connectivity index (χ0v) is 15.0. The smallest absolute Gasteiger partial charge is 0.337 e. The van der Waals surface area contributed by atoms with Gasteiger partial charge in [-0.3, -0.25) is 9.59 Å². The third-order valence-corrected chi connectivity index (χ3v) is 3.80. The Labute approximate surface area is 152 Å². The molecular formula is C20H21NO5. The minimum Gasteiger partial charge on any atom is -0.484 e. The Kier molecular flexibility index (Phi) is 6.49. The monoisotopic (exact) mass is 355 g/mol. The van der Waals surface area contributed by atoms with Gasteiger partial charge in [0, 0.05) is 17.7 Å². The number of esters is 1. The van der Waals surface area contributed by atoms with Crippen molar-refractivity contribution in [1.82, 2.24) is 0 Å². The fourth-order valence-electron chi connectivity index (χ4n) is 2.28. The standard InChI is InChI=1S/C20H21NO5/c1-4-18(22)14-7-9-16(10-8-14)26-12-19(23)21-17-11-15(20(24)25-3)6-5-13(17)2/h5-11H,4,12H2,1-3H3,(H,21,23). The number of methoxy groups -OCH3 is 1. The molecule has 0 aliphatic carbocycles. The van der Waals surface area contributed by atoms with Gasteiger partial charge in [0.15, 0.2) is 12.4 Å². The molecular weight excluding hydrogens is 334 g/mol. The van der Waals surface area contributed by atoms with Crippen LogP contribution in [0.4, 0.5) is 5.69 Å². The molecule has 0 bridgehead atoms. The number of hydrogen-bond acceptors (Lipinski definition) is 5. The lowest BCUT2D eigenvalue weighted by molar-refractivity contribution is -0.118. The molecule has 1 amide bonds. The first-order valence-corrected chi connectivity index (χ1v) is 8.19. The van der Waals surface area contributed by atoms with Crippen molar-refractivity contribution < 1.29 is 23.9 Å². The fraction of sp³-hybridized carbons (Fsp3) is 0.250. The van der Waals surface area contributed by atoms with E-state index in [1.165, 1.54) is 7.11 Å². The van der Waals surface area contributed by atoms with Gasteiger partial charge in [0.1, 0.15) is 5.75 Å². The quantitative estimate of drug-likeness (QED) is 0.608. The molecule has 0 radical (unpaired) electrons. The molecule has 136 valence electrons. The van der Waals surface area contributed by atoms with Crippen molar-refractivity contribution in [1.29, 1.82) is 0 Å². The second kappa shape index (κ2) is 8.80. The Morgan fingerprint density at radius 2 is 1.65 bits per heavy atom. The highest BCUT2D eigenvalue weighted by Crippen LogP contribution is 2.18. The number of benzene rings is 2. The van der Waals surface area contributed by atoms with Crippen LogP contribution in [0.3, 0.4) is 0 Å². The molecule has 2 rings (SSSR count). The Bertz CT molecular complexity index is 811. The molecule has 2 aromatic carbocycles. The van der Waals surface area contributed by atoms with Gasteiger partial charge in [-0.15, -0.1) is 0 Å². The molecule has 1 N–H and O–H groups in total. The Morgan fingerprint density at radius 3 is 2.27 bits per heavy atom. The van der Waals surface area contributed by atoms with Crippen LogP contribution in [0.1, 0.15) is 39.6 Å². The first-order chi connectivity index (χ1) is 12.4. The van der Waals surface area contributed by atoms with Crippen molar-refractivity contribution in [2.75, 3.05) is 19.0 Å².